The first kappa shape index (κ1) is 15.0. The van der Waals surface area contributed by atoms with E-state index in [1.807, 2.05) is 0 Å². The fourth-order valence-corrected chi connectivity index (χ4v) is 4.69. The molecule has 0 aliphatic carbocycles. The molecule has 3 heterocycles. The fourth-order valence-electron chi connectivity index (χ4n) is 3.81. The molecule has 116 valence electrons. The average molecular weight is 306 g/mol. The van der Waals surface area contributed by atoms with Crippen molar-refractivity contribution < 1.29 is 4.79 Å². The maximum atomic E-state index is 12.7. The van der Waals surface area contributed by atoms with Gasteiger partial charge in [-0.1, -0.05) is 13.0 Å². The lowest BCUT2D eigenvalue weighted by Gasteiger charge is -2.30. The van der Waals surface area contributed by atoms with Crippen molar-refractivity contribution >= 4 is 17.2 Å². The molecule has 1 aromatic heterocycles. The number of piperidine rings is 1. The Morgan fingerprint density at radius 1 is 1.43 bits per heavy atom. The molecule has 1 aromatic rings. The number of amides is 1. The van der Waals surface area contributed by atoms with Gasteiger partial charge < -0.3 is 10.2 Å². The van der Waals surface area contributed by atoms with E-state index in [1.54, 1.807) is 11.3 Å². The second-order valence-electron chi connectivity index (χ2n) is 6.53. The molecule has 2 atom stereocenters. The summed E-state index contributed by atoms with van der Waals surface area (Å²) < 4.78 is 0. The minimum Gasteiger partial charge on any atom is -0.335 e. The van der Waals surface area contributed by atoms with E-state index in [1.165, 1.54) is 17.7 Å². The van der Waals surface area contributed by atoms with Gasteiger partial charge in [-0.3, -0.25) is 4.79 Å². The van der Waals surface area contributed by atoms with Gasteiger partial charge >= 0.3 is 0 Å². The van der Waals surface area contributed by atoms with Crippen LogP contribution in [0.5, 0.6) is 0 Å². The number of thiophene rings is 1. The van der Waals surface area contributed by atoms with Crippen molar-refractivity contribution in [2.45, 2.75) is 45.1 Å². The highest BCUT2D eigenvalue weighted by atomic mass is 32.1. The Balaban J connectivity index is 1.59. The summed E-state index contributed by atoms with van der Waals surface area (Å²) in [6.07, 6.45) is 5.46. The molecular formula is C17H26N2OS. The van der Waals surface area contributed by atoms with Crippen molar-refractivity contribution in [3.8, 4) is 0 Å². The zero-order valence-electron chi connectivity index (χ0n) is 12.9. The number of carbonyl (C=O) groups excluding carboxylic acids is 1. The van der Waals surface area contributed by atoms with Crippen molar-refractivity contribution in [2.24, 2.45) is 11.8 Å². The van der Waals surface area contributed by atoms with E-state index in [2.05, 4.69) is 34.7 Å². The third-order valence-electron chi connectivity index (χ3n) is 5.13. The highest BCUT2D eigenvalue weighted by Crippen LogP contribution is 2.36. The molecule has 2 aliphatic heterocycles. The molecular weight excluding hydrogens is 280 g/mol. The number of likely N-dealkylation sites (tertiary alicyclic amines) is 1. The molecule has 3 nitrogen and oxygen atoms in total. The molecule has 0 spiro atoms. The number of rotatable bonds is 4. The summed E-state index contributed by atoms with van der Waals surface area (Å²) in [4.78, 5) is 16.2. The van der Waals surface area contributed by atoms with E-state index in [0.29, 0.717) is 17.9 Å². The zero-order chi connectivity index (χ0) is 14.7. The predicted molar refractivity (Wildman–Crippen MR) is 87.4 cm³/mol. The number of hydrogen-bond donors (Lipinski definition) is 1. The summed E-state index contributed by atoms with van der Waals surface area (Å²) >= 11 is 1.79. The van der Waals surface area contributed by atoms with Crippen LogP contribution in [0, 0.1) is 11.8 Å². The molecule has 2 fully saturated rings. The molecule has 2 aliphatic rings. The first-order valence-corrected chi connectivity index (χ1v) is 9.17. The summed E-state index contributed by atoms with van der Waals surface area (Å²) in [5.74, 6) is 1.61. The van der Waals surface area contributed by atoms with Crippen molar-refractivity contribution in [1.82, 2.24) is 10.2 Å². The first-order chi connectivity index (χ1) is 10.3. The Bertz CT molecular complexity index is 453. The lowest BCUT2D eigenvalue weighted by molar-refractivity contribution is -0.133. The second kappa shape index (κ2) is 6.93. The van der Waals surface area contributed by atoms with Crippen LogP contribution in [-0.4, -0.2) is 30.4 Å². The van der Waals surface area contributed by atoms with Gasteiger partial charge in [0.2, 0.25) is 5.91 Å². The Kier molecular flexibility index (Phi) is 4.96. The molecule has 2 unspecified atom stereocenters. The minimum absolute atomic E-state index is 0.345. The summed E-state index contributed by atoms with van der Waals surface area (Å²) in [6.45, 7) is 5.44. The van der Waals surface area contributed by atoms with Crippen LogP contribution in [0.1, 0.15) is 49.9 Å². The summed E-state index contributed by atoms with van der Waals surface area (Å²) in [6, 6.07) is 4.62. The molecule has 0 saturated carbocycles. The van der Waals surface area contributed by atoms with E-state index >= 15 is 0 Å². The number of nitrogens with zero attached hydrogens (tertiary/aromatic N) is 1. The summed E-state index contributed by atoms with van der Waals surface area (Å²) in [7, 11) is 0. The average Bonchev–Trinajstić information content (AvgIpc) is 3.18. The van der Waals surface area contributed by atoms with Crippen molar-refractivity contribution in [1.29, 1.82) is 0 Å². The number of carbonyl (C=O) groups is 1. The molecule has 1 N–H and O–H groups in total. The van der Waals surface area contributed by atoms with Gasteiger partial charge in [-0.05, 0) is 62.1 Å². The van der Waals surface area contributed by atoms with Crippen LogP contribution in [0.15, 0.2) is 17.5 Å². The maximum Gasteiger partial charge on any atom is 0.223 e. The molecule has 21 heavy (non-hydrogen) atoms. The summed E-state index contributed by atoms with van der Waals surface area (Å²) in [5.41, 5.74) is 0. The fraction of sp³-hybridized carbons (Fsp3) is 0.706. The standard InChI is InChI=1S/C17H26N2OS/c1-13(14-6-8-18-9-7-14)12-17(20)19-10-2-4-15(19)16-5-3-11-21-16/h3,5,11,13-15,18H,2,4,6-10,12H2,1H3. The van der Waals surface area contributed by atoms with Crippen LogP contribution in [-0.2, 0) is 4.79 Å². The topological polar surface area (TPSA) is 32.3 Å². The minimum atomic E-state index is 0.345. The molecule has 3 rings (SSSR count). The summed E-state index contributed by atoms with van der Waals surface area (Å²) in [5, 5.41) is 5.53. The SMILES string of the molecule is CC(CC(=O)N1CCCC1c1cccs1)C1CCNCC1. The third-order valence-corrected chi connectivity index (χ3v) is 6.10. The first-order valence-electron chi connectivity index (χ1n) is 8.29. The number of nitrogens with one attached hydrogen (secondary N) is 1. The molecule has 0 radical (unpaired) electrons. The van der Waals surface area contributed by atoms with Gasteiger partial charge in [0.25, 0.3) is 0 Å². The van der Waals surface area contributed by atoms with Gasteiger partial charge in [0.15, 0.2) is 0 Å². The zero-order valence-corrected chi connectivity index (χ0v) is 13.7. The monoisotopic (exact) mass is 306 g/mol. The Hall–Kier alpha value is -0.870. The Morgan fingerprint density at radius 3 is 2.95 bits per heavy atom. The van der Waals surface area contributed by atoms with Crippen LogP contribution in [0.4, 0.5) is 0 Å². The normalized spacial score (nSPS) is 25.2. The van der Waals surface area contributed by atoms with E-state index in [0.717, 1.165) is 44.8 Å². The van der Waals surface area contributed by atoms with Gasteiger partial charge in [-0.25, -0.2) is 0 Å². The lowest BCUT2D eigenvalue weighted by atomic mass is 9.84. The maximum absolute atomic E-state index is 12.7. The molecule has 2 saturated heterocycles. The lowest BCUT2D eigenvalue weighted by Crippen LogP contribution is -2.35. The van der Waals surface area contributed by atoms with Gasteiger partial charge in [-0.2, -0.15) is 0 Å². The molecule has 0 bridgehead atoms. The van der Waals surface area contributed by atoms with E-state index in [-0.39, 0.29) is 0 Å². The highest BCUT2D eigenvalue weighted by Gasteiger charge is 2.32. The quantitative estimate of drug-likeness (QED) is 0.924. The van der Waals surface area contributed by atoms with E-state index in [4.69, 9.17) is 0 Å². The smallest absolute Gasteiger partial charge is 0.223 e. The highest BCUT2D eigenvalue weighted by molar-refractivity contribution is 7.10. The van der Waals surface area contributed by atoms with Crippen molar-refractivity contribution in [2.75, 3.05) is 19.6 Å². The third kappa shape index (κ3) is 3.49. The molecule has 1 amide bonds. The van der Waals surface area contributed by atoms with Crippen LogP contribution in [0.2, 0.25) is 0 Å². The Morgan fingerprint density at radius 2 is 2.24 bits per heavy atom. The largest absolute Gasteiger partial charge is 0.335 e. The van der Waals surface area contributed by atoms with Crippen LogP contribution in [0.25, 0.3) is 0 Å². The van der Waals surface area contributed by atoms with E-state index in [9.17, 15) is 4.79 Å². The van der Waals surface area contributed by atoms with Crippen LogP contribution < -0.4 is 5.32 Å². The van der Waals surface area contributed by atoms with Gasteiger partial charge in [0, 0.05) is 17.8 Å². The molecule has 0 aromatic carbocycles. The second-order valence-corrected chi connectivity index (χ2v) is 7.51. The van der Waals surface area contributed by atoms with Gasteiger partial charge in [0.05, 0.1) is 6.04 Å². The Labute approximate surface area is 131 Å². The number of hydrogen-bond acceptors (Lipinski definition) is 3. The molecule has 4 heteroatoms. The van der Waals surface area contributed by atoms with Crippen LogP contribution >= 0.6 is 11.3 Å². The van der Waals surface area contributed by atoms with E-state index < -0.39 is 0 Å². The van der Waals surface area contributed by atoms with Crippen molar-refractivity contribution in [3.63, 3.8) is 0 Å². The van der Waals surface area contributed by atoms with Crippen LogP contribution in [0.3, 0.4) is 0 Å². The predicted octanol–water partition coefficient (Wildman–Crippen LogP) is 3.44. The van der Waals surface area contributed by atoms with Gasteiger partial charge in [0.1, 0.15) is 0 Å². The van der Waals surface area contributed by atoms with Crippen molar-refractivity contribution in [3.05, 3.63) is 22.4 Å². The van der Waals surface area contributed by atoms with Gasteiger partial charge in [-0.15, -0.1) is 11.3 Å².